The molecule has 0 aliphatic carbocycles. The van der Waals surface area contributed by atoms with Gasteiger partial charge in [0.25, 0.3) is 0 Å². The zero-order valence-corrected chi connectivity index (χ0v) is 57.4. The monoisotopic (exact) mass is 1130 g/mol. The van der Waals surface area contributed by atoms with Crippen LogP contribution in [0.1, 0.15) is 147 Å². The average Bonchev–Trinajstić information content (AvgIpc) is 3.60. The van der Waals surface area contributed by atoms with Crippen molar-refractivity contribution >= 4 is 74.1 Å². The molecule has 8 rings (SSSR count). The zero-order valence-electron chi connectivity index (χ0n) is 53.8. The topological polar surface area (TPSA) is 0 Å². The van der Waals surface area contributed by atoms with Gasteiger partial charge >= 0.3 is 0 Å². The van der Waals surface area contributed by atoms with E-state index in [0.29, 0.717) is 0 Å². The Hall–Kier alpha value is -4.52. The first kappa shape index (κ1) is 61.5. The molecule has 1 unspecified atom stereocenters. The van der Waals surface area contributed by atoms with Gasteiger partial charge in [-0.15, -0.1) is 0 Å². The zero-order chi connectivity index (χ0) is 58.9. The van der Waals surface area contributed by atoms with E-state index >= 15 is 0 Å². The Bertz CT molecular complexity index is 3220. The van der Waals surface area contributed by atoms with Crippen molar-refractivity contribution in [2.75, 3.05) is 0 Å². The minimum atomic E-state index is -1.32. The van der Waals surface area contributed by atoms with Crippen LogP contribution in [0.25, 0.3) is 0 Å². The van der Waals surface area contributed by atoms with Gasteiger partial charge in [-0.05, 0) is 380 Å². The van der Waals surface area contributed by atoms with Crippen LogP contribution in [-0.4, -0.2) is 10.3 Å². The molecule has 1 atom stereocenters. The van der Waals surface area contributed by atoms with Gasteiger partial charge in [0, 0.05) is 5.66 Å². The van der Waals surface area contributed by atoms with Crippen LogP contribution in [0.3, 0.4) is 0 Å². The second-order valence-electron chi connectivity index (χ2n) is 24.2. The van der Waals surface area contributed by atoms with Gasteiger partial charge in [-0.2, -0.15) is 0 Å². The van der Waals surface area contributed by atoms with Crippen LogP contribution in [0.5, 0.6) is 0 Å². The van der Waals surface area contributed by atoms with Crippen LogP contribution in [0.4, 0.5) is 0 Å². The summed E-state index contributed by atoms with van der Waals surface area (Å²) in [7, 11) is -5.10. The number of hydrogen-bond donors (Lipinski definition) is 0. The molecule has 418 valence electrons. The lowest BCUT2D eigenvalue weighted by atomic mass is 10.0. The van der Waals surface area contributed by atoms with E-state index in [2.05, 4.69) is 270 Å². The molecular formula is C76H94P4. The van der Waals surface area contributed by atoms with Gasteiger partial charge in [-0.3, -0.25) is 0 Å². The summed E-state index contributed by atoms with van der Waals surface area (Å²) in [6, 6.07) is 41.2. The summed E-state index contributed by atoms with van der Waals surface area (Å²) in [5.41, 5.74) is 34.0. The van der Waals surface area contributed by atoms with Crippen molar-refractivity contribution in [1.29, 1.82) is 0 Å². The van der Waals surface area contributed by atoms with E-state index < -0.39 is 36.3 Å². The van der Waals surface area contributed by atoms with Crippen LogP contribution < -0.4 is 42.4 Å². The van der Waals surface area contributed by atoms with E-state index in [-0.39, 0.29) is 5.66 Å². The van der Waals surface area contributed by atoms with Gasteiger partial charge in [0.15, 0.2) is 0 Å². The van der Waals surface area contributed by atoms with Crippen molar-refractivity contribution in [2.24, 2.45) is 0 Å². The Morgan fingerprint density at radius 1 is 0.225 bits per heavy atom. The third-order valence-corrected chi connectivity index (χ3v) is 36.6. The summed E-state index contributed by atoms with van der Waals surface area (Å²) in [6.07, 6.45) is 0.996. The molecule has 0 spiro atoms. The maximum absolute atomic E-state index is 2.66. The molecule has 0 heterocycles. The van der Waals surface area contributed by atoms with E-state index in [0.717, 1.165) is 6.42 Å². The molecular weight excluding hydrogens is 1040 g/mol. The highest BCUT2D eigenvalue weighted by Gasteiger charge is 2.62. The SMILES string of the molecule is CCC(P(c1ccc(C)c(C)c1C)c1ccc(C)c(C)c1C)C(P(c1ccc(C)c(C)c1C)c1ccc(C)c(C)c1C)(P(c1ccc(C)c(C)c1C)c1ccc(C)c(C)c1C)P(c1ccc(C)c(C)c1C)c1ccc(C)c(C)c1C. The predicted molar refractivity (Wildman–Crippen MR) is 367 cm³/mol. The first-order valence-electron chi connectivity index (χ1n) is 29.4. The quantitative estimate of drug-likeness (QED) is 0.0952. The Morgan fingerprint density at radius 2 is 0.375 bits per heavy atom. The molecule has 0 N–H and O–H groups in total. The molecule has 0 nitrogen and oxygen atoms in total. The molecule has 0 amide bonds. The second kappa shape index (κ2) is 24.0. The van der Waals surface area contributed by atoms with Crippen LogP contribution in [-0.2, 0) is 0 Å². The number of hydrogen-bond acceptors (Lipinski definition) is 0. The van der Waals surface area contributed by atoms with Gasteiger partial charge < -0.3 is 0 Å². The molecule has 8 aromatic rings. The molecule has 0 saturated heterocycles. The molecule has 0 aromatic heterocycles. The van der Waals surface area contributed by atoms with Gasteiger partial charge in [-0.25, -0.2) is 0 Å². The van der Waals surface area contributed by atoms with Gasteiger partial charge in [-0.1, -0.05) is 104 Å². The lowest BCUT2D eigenvalue weighted by Gasteiger charge is -2.60. The smallest absolute Gasteiger partial charge is 0.0619 e. The standard InChI is InChI=1S/C76H94P4/c1-26-75(77(67-35-27-43(2)51(10)59(67)18)68-36-28-44(3)52(11)60(68)19)76(78(69-37-29-45(4)53(12)61(69)20)70-38-30-46(5)54(13)62(70)21,79(71-39-31-47(6)55(14)63(71)22)72-40-32-48(7)56(15)64(72)23)80(73-41-33-49(8)57(16)65(73)24)74-42-34-50(9)58(17)66(74)25/h27-42,75H,26H2,1-25H3. The summed E-state index contributed by atoms with van der Waals surface area (Å²) in [5.74, 6) is 0. The fraction of sp³-hybridized carbons (Fsp3) is 0.368. The van der Waals surface area contributed by atoms with Crippen LogP contribution in [0, 0.1) is 166 Å². The molecule has 0 bridgehead atoms. The van der Waals surface area contributed by atoms with E-state index in [9.17, 15) is 0 Å². The molecule has 8 aromatic carbocycles. The van der Waals surface area contributed by atoms with Gasteiger partial charge in [0.2, 0.25) is 0 Å². The molecule has 4 heteroatoms. The predicted octanol–water partition coefficient (Wildman–Crippen LogP) is 18.4. The maximum atomic E-state index is 2.66. The molecule has 0 saturated carbocycles. The van der Waals surface area contributed by atoms with Crippen molar-refractivity contribution < 1.29 is 0 Å². The minimum absolute atomic E-state index is 0.147. The second-order valence-corrected chi connectivity index (χ2v) is 34.6. The summed E-state index contributed by atoms with van der Waals surface area (Å²) in [5, 5.41) is 12.3. The molecule has 80 heavy (non-hydrogen) atoms. The van der Waals surface area contributed by atoms with Crippen molar-refractivity contribution in [3.63, 3.8) is 0 Å². The first-order valence-corrected chi connectivity index (χ1v) is 34.8. The fourth-order valence-electron chi connectivity index (χ4n) is 12.8. The third kappa shape index (κ3) is 10.3. The molecule has 0 aliphatic rings. The van der Waals surface area contributed by atoms with Crippen molar-refractivity contribution in [1.82, 2.24) is 0 Å². The molecule has 0 radical (unpaired) electrons. The summed E-state index contributed by atoms with van der Waals surface area (Å²) in [4.78, 5) is 0. The highest BCUT2D eigenvalue weighted by Crippen LogP contribution is 2.84. The Balaban J connectivity index is 1.89. The van der Waals surface area contributed by atoms with Gasteiger partial charge in [0.1, 0.15) is 0 Å². The van der Waals surface area contributed by atoms with Crippen LogP contribution in [0.15, 0.2) is 97.1 Å². The van der Waals surface area contributed by atoms with Crippen molar-refractivity contribution in [3.05, 3.63) is 231 Å². The Kier molecular flexibility index (Phi) is 18.5. The van der Waals surface area contributed by atoms with Gasteiger partial charge in [0.05, 0.1) is 4.64 Å². The van der Waals surface area contributed by atoms with E-state index in [4.69, 9.17) is 0 Å². The number of aryl methyl sites for hydroxylation is 8. The largest absolute Gasteiger partial charge is 0.0647 e. The van der Waals surface area contributed by atoms with E-state index in [1.807, 2.05) is 0 Å². The van der Waals surface area contributed by atoms with E-state index in [1.165, 1.54) is 134 Å². The van der Waals surface area contributed by atoms with Crippen LogP contribution >= 0.6 is 31.7 Å². The lowest BCUT2D eigenvalue weighted by Crippen LogP contribution is -2.52. The average molecular weight is 1130 g/mol. The van der Waals surface area contributed by atoms with Crippen molar-refractivity contribution in [3.8, 4) is 0 Å². The van der Waals surface area contributed by atoms with E-state index in [1.54, 1.807) is 42.4 Å². The third-order valence-electron chi connectivity index (χ3n) is 20.3. The van der Waals surface area contributed by atoms with Crippen molar-refractivity contribution in [2.45, 2.75) is 190 Å². The maximum Gasteiger partial charge on any atom is 0.0619 e. The summed E-state index contributed by atoms with van der Waals surface area (Å²) >= 11 is 0. The Labute approximate surface area is 491 Å². The fourth-order valence-corrected chi connectivity index (χ4v) is 33.0. The first-order chi connectivity index (χ1) is 37.7. The van der Waals surface area contributed by atoms with Crippen LogP contribution in [0.2, 0.25) is 0 Å². The molecule has 0 aliphatic heterocycles. The highest BCUT2D eigenvalue weighted by atomic mass is 31.2. The summed E-state index contributed by atoms with van der Waals surface area (Å²) in [6.45, 7) is 60.7. The molecule has 0 fully saturated rings. The number of benzene rings is 8. The minimum Gasteiger partial charge on any atom is -0.0647 e. The summed E-state index contributed by atoms with van der Waals surface area (Å²) < 4.78 is -0.479. The normalized spacial score (nSPS) is 12.5. The Morgan fingerprint density at radius 3 is 0.537 bits per heavy atom. The number of rotatable bonds is 14. The lowest BCUT2D eigenvalue weighted by molar-refractivity contribution is 0.842. The highest BCUT2D eigenvalue weighted by molar-refractivity contribution is 8.06.